The Morgan fingerprint density at radius 2 is 1.86 bits per heavy atom. The molecule has 1 aliphatic heterocycles. The quantitative estimate of drug-likeness (QED) is 0.926. The molecule has 1 saturated carbocycles. The van der Waals surface area contributed by atoms with E-state index in [-0.39, 0.29) is 6.10 Å². The first-order chi connectivity index (χ1) is 10.2. The van der Waals surface area contributed by atoms with E-state index in [2.05, 4.69) is 47.1 Å². The summed E-state index contributed by atoms with van der Waals surface area (Å²) in [4.78, 5) is 5.11. The number of benzene rings is 1. The third kappa shape index (κ3) is 3.65. The Labute approximate surface area is 128 Å². The molecule has 21 heavy (non-hydrogen) atoms. The van der Waals surface area contributed by atoms with Gasteiger partial charge >= 0.3 is 0 Å². The minimum Gasteiger partial charge on any atom is -0.391 e. The molecule has 2 fully saturated rings. The van der Waals surface area contributed by atoms with Gasteiger partial charge in [0.05, 0.1) is 6.10 Å². The monoisotopic (exact) mass is 288 g/mol. The smallest absolute Gasteiger partial charge is 0.0695 e. The van der Waals surface area contributed by atoms with Crippen LogP contribution in [0.3, 0.4) is 0 Å². The number of rotatable bonds is 3. The lowest BCUT2D eigenvalue weighted by atomic mass is 9.90. The third-order valence-electron chi connectivity index (χ3n) is 5.13. The van der Waals surface area contributed by atoms with Crippen LogP contribution in [0.5, 0.6) is 0 Å². The summed E-state index contributed by atoms with van der Waals surface area (Å²) in [6.45, 7) is 6.68. The van der Waals surface area contributed by atoms with Crippen molar-refractivity contribution in [2.24, 2.45) is 0 Å². The average molecular weight is 288 g/mol. The van der Waals surface area contributed by atoms with Crippen molar-refractivity contribution in [3.05, 3.63) is 35.9 Å². The van der Waals surface area contributed by atoms with Gasteiger partial charge in [-0.25, -0.2) is 0 Å². The van der Waals surface area contributed by atoms with Gasteiger partial charge in [-0.3, -0.25) is 9.80 Å². The fraction of sp³-hybridized carbons (Fsp3) is 0.667. The maximum atomic E-state index is 10.3. The van der Waals surface area contributed by atoms with Crippen molar-refractivity contribution in [3.8, 4) is 0 Å². The van der Waals surface area contributed by atoms with Gasteiger partial charge in [-0.1, -0.05) is 43.2 Å². The highest BCUT2D eigenvalue weighted by molar-refractivity contribution is 5.14. The van der Waals surface area contributed by atoms with Crippen molar-refractivity contribution in [2.75, 3.05) is 19.6 Å². The molecule has 1 unspecified atom stereocenters. The molecule has 1 saturated heterocycles. The Balaban J connectivity index is 1.56. The molecule has 3 atom stereocenters. The number of aliphatic hydroxyl groups is 1. The third-order valence-corrected chi connectivity index (χ3v) is 5.13. The van der Waals surface area contributed by atoms with E-state index in [0.29, 0.717) is 12.1 Å². The van der Waals surface area contributed by atoms with Crippen molar-refractivity contribution in [1.82, 2.24) is 9.80 Å². The highest BCUT2D eigenvalue weighted by Gasteiger charge is 2.34. The van der Waals surface area contributed by atoms with E-state index < -0.39 is 0 Å². The number of aliphatic hydroxyl groups excluding tert-OH is 1. The number of piperazine rings is 1. The fourth-order valence-electron chi connectivity index (χ4n) is 4.00. The molecule has 1 aliphatic carbocycles. The molecule has 1 aromatic rings. The predicted octanol–water partition coefficient (Wildman–Crippen LogP) is 2.50. The first kappa shape index (κ1) is 15.0. The summed E-state index contributed by atoms with van der Waals surface area (Å²) in [6.07, 6.45) is 4.52. The zero-order valence-corrected chi connectivity index (χ0v) is 13.1. The molecule has 0 spiro atoms. The summed E-state index contributed by atoms with van der Waals surface area (Å²) < 4.78 is 0. The Morgan fingerprint density at radius 1 is 1.10 bits per heavy atom. The number of hydrogen-bond acceptors (Lipinski definition) is 3. The summed E-state index contributed by atoms with van der Waals surface area (Å²) >= 11 is 0. The molecule has 0 radical (unpaired) electrons. The topological polar surface area (TPSA) is 26.7 Å². The van der Waals surface area contributed by atoms with Gasteiger partial charge in [-0.2, -0.15) is 0 Å². The van der Waals surface area contributed by atoms with Crippen LogP contribution in [0.4, 0.5) is 0 Å². The van der Waals surface area contributed by atoms with E-state index >= 15 is 0 Å². The van der Waals surface area contributed by atoms with Crippen LogP contribution in [0.25, 0.3) is 0 Å². The Kier molecular flexibility index (Phi) is 4.94. The fourth-order valence-corrected chi connectivity index (χ4v) is 4.00. The average Bonchev–Trinajstić information content (AvgIpc) is 2.50. The van der Waals surface area contributed by atoms with Gasteiger partial charge < -0.3 is 5.11 Å². The SMILES string of the molecule is CC1CN(Cc2ccccc2)CCN1[C@H]1CCCC[C@@H]1O. The zero-order chi connectivity index (χ0) is 14.7. The second kappa shape index (κ2) is 6.91. The molecule has 2 aliphatic rings. The molecular formula is C18H28N2O. The van der Waals surface area contributed by atoms with E-state index in [0.717, 1.165) is 32.6 Å². The minimum absolute atomic E-state index is 0.109. The van der Waals surface area contributed by atoms with Gasteiger partial charge in [0.2, 0.25) is 0 Å². The number of hydrogen-bond donors (Lipinski definition) is 1. The molecule has 0 amide bonds. The van der Waals surface area contributed by atoms with Gasteiger partial charge in [0, 0.05) is 38.3 Å². The largest absolute Gasteiger partial charge is 0.391 e. The van der Waals surface area contributed by atoms with Crippen molar-refractivity contribution in [3.63, 3.8) is 0 Å². The zero-order valence-electron chi connectivity index (χ0n) is 13.1. The molecule has 0 aromatic heterocycles. The van der Waals surface area contributed by atoms with E-state index in [9.17, 15) is 5.11 Å². The van der Waals surface area contributed by atoms with Gasteiger partial charge in [0.15, 0.2) is 0 Å². The van der Waals surface area contributed by atoms with Crippen LogP contribution in [0.1, 0.15) is 38.2 Å². The summed E-state index contributed by atoms with van der Waals surface area (Å²) in [5.41, 5.74) is 1.40. The van der Waals surface area contributed by atoms with Crippen LogP contribution in [0.2, 0.25) is 0 Å². The maximum Gasteiger partial charge on any atom is 0.0695 e. The van der Waals surface area contributed by atoms with Crippen LogP contribution < -0.4 is 0 Å². The standard InChI is InChI=1S/C18H28N2O/c1-15-13-19(14-16-7-3-2-4-8-16)11-12-20(15)17-9-5-6-10-18(17)21/h2-4,7-8,15,17-18,21H,5-6,9-14H2,1H3/t15?,17-,18-/m0/s1. The van der Waals surface area contributed by atoms with Crippen molar-refractivity contribution in [1.29, 1.82) is 0 Å². The maximum absolute atomic E-state index is 10.3. The lowest BCUT2D eigenvalue weighted by Gasteiger charge is -2.46. The summed E-state index contributed by atoms with van der Waals surface area (Å²) in [7, 11) is 0. The van der Waals surface area contributed by atoms with Crippen molar-refractivity contribution < 1.29 is 5.11 Å². The molecule has 1 aromatic carbocycles. The molecule has 1 heterocycles. The summed E-state index contributed by atoms with van der Waals surface area (Å²) in [5.74, 6) is 0. The molecule has 3 heteroatoms. The van der Waals surface area contributed by atoms with E-state index in [4.69, 9.17) is 0 Å². The first-order valence-electron chi connectivity index (χ1n) is 8.44. The molecule has 3 nitrogen and oxygen atoms in total. The lowest BCUT2D eigenvalue weighted by Crippen LogP contribution is -2.58. The second-order valence-corrected chi connectivity index (χ2v) is 6.73. The Morgan fingerprint density at radius 3 is 2.57 bits per heavy atom. The van der Waals surface area contributed by atoms with Gasteiger partial charge in [-0.05, 0) is 25.3 Å². The Hall–Kier alpha value is -0.900. The van der Waals surface area contributed by atoms with Crippen LogP contribution in [0.15, 0.2) is 30.3 Å². The minimum atomic E-state index is -0.109. The van der Waals surface area contributed by atoms with Gasteiger partial charge in [0.25, 0.3) is 0 Å². The normalized spacial score (nSPS) is 32.2. The van der Waals surface area contributed by atoms with Crippen LogP contribution in [0, 0.1) is 0 Å². The molecule has 0 bridgehead atoms. The second-order valence-electron chi connectivity index (χ2n) is 6.73. The van der Waals surface area contributed by atoms with Crippen LogP contribution in [-0.2, 0) is 6.54 Å². The summed E-state index contributed by atoms with van der Waals surface area (Å²) in [5, 5.41) is 10.3. The summed E-state index contributed by atoms with van der Waals surface area (Å²) in [6, 6.07) is 11.7. The van der Waals surface area contributed by atoms with Crippen molar-refractivity contribution in [2.45, 2.75) is 57.3 Å². The van der Waals surface area contributed by atoms with Crippen LogP contribution >= 0.6 is 0 Å². The van der Waals surface area contributed by atoms with E-state index in [1.54, 1.807) is 0 Å². The van der Waals surface area contributed by atoms with Gasteiger partial charge in [0.1, 0.15) is 0 Å². The van der Waals surface area contributed by atoms with E-state index in [1.165, 1.54) is 24.8 Å². The number of nitrogens with zero attached hydrogens (tertiary/aromatic N) is 2. The molecule has 3 rings (SSSR count). The molecule has 116 valence electrons. The first-order valence-corrected chi connectivity index (χ1v) is 8.44. The Bertz CT molecular complexity index is 436. The lowest BCUT2D eigenvalue weighted by molar-refractivity contribution is -0.0301. The molecular weight excluding hydrogens is 260 g/mol. The highest BCUT2D eigenvalue weighted by atomic mass is 16.3. The van der Waals surface area contributed by atoms with Crippen LogP contribution in [-0.4, -0.2) is 52.7 Å². The predicted molar refractivity (Wildman–Crippen MR) is 86.1 cm³/mol. The highest BCUT2D eigenvalue weighted by Crippen LogP contribution is 2.26. The van der Waals surface area contributed by atoms with Crippen molar-refractivity contribution >= 4 is 0 Å². The van der Waals surface area contributed by atoms with Gasteiger partial charge in [-0.15, -0.1) is 0 Å². The van der Waals surface area contributed by atoms with E-state index in [1.807, 2.05) is 0 Å². The molecule has 1 N–H and O–H groups in total.